The van der Waals surface area contributed by atoms with Gasteiger partial charge in [-0.3, -0.25) is 4.79 Å². The molecule has 13 heavy (non-hydrogen) atoms. The third-order valence-electron chi connectivity index (χ3n) is 1.40. The summed E-state index contributed by atoms with van der Waals surface area (Å²) in [5.74, 6) is 0.241. The smallest absolute Gasteiger partial charge is 0.221 e. The van der Waals surface area contributed by atoms with Crippen molar-refractivity contribution in [2.75, 3.05) is 0 Å². The summed E-state index contributed by atoms with van der Waals surface area (Å²) in [7, 11) is 0. The maximum absolute atomic E-state index is 10.4. The molecule has 0 spiro atoms. The average Bonchev–Trinajstić information content (AvgIpc) is 2.03. The molecule has 1 rings (SSSR count). The Morgan fingerprint density at radius 2 is 2.46 bits per heavy atom. The number of aryl methyl sites for hydroxylation is 1. The standard InChI is InChI=1S/C9H11N3O/c1-7-5-6-11-9(12-7)4-2-3-8(10)13/h2,4-6H,3H2,1H3,(H2,10,13). The summed E-state index contributed by atoms with van der Waals surface area (Å²) in [4.78, 5) is 18.5. The first-order chi connectivity index (χ1) is 6.18. The summed E-state index contributed by atoms with van der Waals surface area (Å²) in [6.45, 7) is 1.88. The zero-order chi connectivity index (χ0) is 9.68. The van der Waals surface area contributed by atoms with E-state index in [1.54, 1.807) is 18.3 Å². The Kier molecular flexibility index (Phi) is 3.14. The fraction of sp³-hybridized carbons (Fsp3) is 0.222. The van der Waals surface area contributed by atoms with Gasteiger partial charge in [-0.05, 0) is 19.1 Å². The van der Waals surface area contributed by atoms with Crippen molar-refractivity contribution in [1.29, 1.82) is 0 Å². The van der Waals surface area contributed by atoms with Crippen LogP contribution in [-0.2, 0) is 4.79 Å². The molecule has 1 heterocycles. The van der Waals surface area contributed by atoms with E-state index in [0.29, 0.717) is 5.82 Å². The quantitative estimate of drug-likeness (QED) is 0.737. The molecular formula is C9H11N3O. The third-order valence-corrected chi connectivity index (χ3v) is 1.40. The van der Waals surface area contributed by atoms with E-state index < -0.39 is 0 Å². The zero-order valence-corrected chi connectivity index (χ0v) is 7.40. The second-order valence-electron chi connectivity index (χ2n) is 2.63. The van der Waals surface area contributed by atoms with Gasteiger partial charge in [0, 0.05) is 18.3 Å². The van der Waals surface area contributed by atoms with Gasteiger partial charge in [0.1, 0.15) is 0 Å². The van der Waals surface area contributed by atoms with Gasteiger partial charge in [0.25, 0.3) is 0 Å². The maximum atomic E-state index is 10.4. The van der Waals surface area contributed by atoms with Gasteiger partial charge in [0.05, 0.1) is 0 Å². The Labute approximate surface area is 76.5 Å². The minimum atomic E-state index is -0.357. The summed E-state index contributed by atoms with van der Waals surface area (Å²) < 4.78 is 0. The fourth-order valence-electron chi connectivity index (χ4n) is 0.829. The number of carbonyl (C=O) groups is 1. The highest BCUT2D eigenvalue weighted by atomic mass is 16.1. The Hall–Kier alpha value is -1.71. The van der Waals surface area contributed by atoms with Crippen LogP contribution in [0.2, 0.25) is 0 Å². The summed E-state index contributed by atoms with van der Waals surface area (Å²) in [6.07, 6.45) is 5.22. The Morgan fingerprint density at radius 3 is 3.08 bits per heavy atom. The van der Waals surface area contributed by atoms with E-state index in [-0.39, 0.29) is 12.3 Å². The van der Waals surface area contributed by atoms with Gasteiger partial charge < -0.3 is 5.73 Å². The topological polar surface area (TPSA) is 68.9 Å². The molecule has 0 aliphatic rings. The summed E-state index contributed by atoms with van der Waals surface area (Å²) in [5.41, 5.74) is 5.85. The van der Waals surface area contributed by atoms with Crippen molar-refractivity contribution in [1.82, 2.24) is 9.97 Å². The van der Waals surface area contributed by atoms with E-state index in [0.717, 1.165) is 5.69 Å². The number of aromatic nitrogens is 2. The minimum absolute atomic E-state index is 0.220. The predicted molar refractivity (Wildman–Crippen MR) is 49.6 cm³/mol. The van der Waals surface area contributed by atoms with Crippen molar-refractivity contribution in [3.05, 3.63) is 29.9 Å². The van der Waals surface area contributed by atoms with Gasteiger partial charge >= 0.3 is 0 Å². The maximum Gasteiger partial charge on any atom is 0.221 e. The first kappa shape index (κ1) is 9.38. The molecule has 1 aromatic rings. The van der Waals surface area contributed by atoms with Crippen molar-refractivity contribution in [2.24, 2.45) is 5.73 Å². The Bertz CT molecular complexity index is 333. The highest BCUT2D eigenvalue weighted by Crippen LogP contribution is 1.96. The van der Waals surface area contributed by atoms with Crippen LogP contribution >= 0.6 is 0 Å². The number of nitrogens with two attached hydrogens (primary N) is 1. The molecule has 4 heteroatoms. The van der Waals surface area contributed by atoms with Crippen LogP contribution in [-0.4, -0.2) is 15.9 Å². The van der Waals surface area contributed by atoms with Crippen LogP contribution in [0.3, 0.4) is 0 Å². The lowest BCUT2D eigenvalue weighted by atomic mass is 10.3. The van der Waals surface area contributed by atoms with Crippen molar-refractivity contribution >= 4 is 12.0 Å². The Balaban J connectivity index is 2.63. The van der Waals surface area contributed by atoms with E-state index in [1.807, 2.05) is 13.0 Å². The molecule has 0 radical (unpaired) electrons. The number of hydrogen-bond acceptors (Lipinski definition) is 3. The van der Waals surface area contributed by atoms with E-state index in [9.17, 15) is 4.79 Å². The van der Waals surface area contributed by atoms with E-state index in [1.165, 1.54) is 0 Å². The fourth-order valence-corrected chi connectivity index (χ4v) is 0.829. The zero-order valence-electron chi connectivity index (χ0n) is 7.40. The average molecular weight is 177 g/mol. The molecule has 4 nitrogen and oxygen atoms in total. The molecule has 68 valence electrons. The number of carbonyl (C=O) groups excluding carboxylic acids is 1. The summed E-state index contributed by atoms with van der Waals surface area (Å²) >= 11 is 0. The van der Waals surface area contributed by atoms with E-state index in [2.05, 4.69) is 9.97 Å². The van der Waals surface area contributed by atoms with Crippen LogP contribution in [0.25, 0.3) is 6.08 Å². The molecule has 0 saturated heterocycles. The number of rotatable bonds is 3. The molecule has 0 aromatic carbocycles. The normalized spacial score (nSPS) is 10.5. The van der Waals surface area contributed by atoms with Crippen LogP contribution in [0, 0.1) is 6.92 Å². The van der Waals surface area contributed by atoms with Gasteiger partial charge in [-0.25, -0.2) is 9.97 Å². The number of amides is 1. The van der Waals surface area contributed by atoms with E-state index in [4.69, 9.17) is 5.73 Å². The Morgan fingerprint density at radius 1 is 1.69 bits per heavy atom. The van der Waals surface area contributed by atoms with Gasteiger partial charge in [0.15, 0.2) is 5.82 Å². The molecule has 1 amide bonds. The second kappa shape index (κ2) is 4.35. The number of hydrogen-bond donors (Lipinski definition) is 1. The molecule has 0 unspecified atom stereocenters. The van der Waals surface area contributed by atoms with Crippen LogP contribution in [0.4, 0.5) is 0 Å². The first-order valence-corrected chi connectivity index (χ1v) is 3.93. The van der Waals surface area contributed by atoms with Crippen LogP contribution in [0.15, 0.2) is 18.3 Å². The third kappa shape index (κ3) is 3.46. The van der Waals surface area contributed by atoms with Crippen molar-refractivity contribution in [3.63, 3.8) is 0 Å². The van der Waals surface area contributed by atoms with Crippen molar-refractivity contribution < 1.29 is 4.79 Å². The van der Waals surface area contributed by atoms with Gasteiger partial charge in [-0.15, -0.1) is 0 Å². The molecule has 0 aliphatic heterocycles. The monoisotopic (exact) mass is 177 g/mol. The molecule has 0 atom stereocenters. The van der Waals surface area contributed by atoms with Crippen LogP contribution in [0.5, 0.6) is 0 Å². The van der Waals surface area contributed by atoms with E-state index >= 15 is 0 Å². The lowest BCUT2D eigenvalue weighted by Gasteiger charge is -1.92. The first-order valence-electron chi connectivity index (χ1n) is 3.93. The minimum Gasteiger partial charge on any atom is -0.369 e. The highest BCUT2D eigenvalue weighted by Gasteiger charge is 1.91. The van der Waals surface area contributed by atoms with Crippen molar-refractivity contribution in [2.45, 2.75) is 13.3 Å². The van der Waals surface area contributed by atoms with Gasteiger partial charge in [-0.1, -0.05) is 6.08 Å². The van der Waals surface area contributed by atoms with Crippen LogP contribution in [0.1, 0.15) is 17.9 Å². The lowest BCUT2D eigenvalue weighted by Crippen LogP contribution is -2.07. The number of nitrogens with zero attached hydrogens (tertiary/aromatic N) is 2. The van der Waals surface area contributed by atoms with Gasteiger partial charge in [-0.2, -0.15) is 0 Å². The van der Waals surface area contributed by atoms with Gasteiger partial charge in [0.2, 0.25) is 5.91 Å². The largest absolute Gasteiger partial charge is 0.369 e. The summed E-state index contributed by atoms with van der Waals surface area (Å²) in [6, 6.07) is 1.81. The SMILES string of the molecule is Cc1ccnc(C=CCC(N)=O)n1. The number of primary amides is 1. The lowest BCUT2D eigenvalue weighted by molar-refractivity contribution is -0.117. The molecule has 0 aliphatic carbocycles. The summed E-state index contributed by atoms with van der Waals surface area (Å²) in [5, 5.41) is 0. The van der Waals surface area contributed by atoms with Crippen molar-refractivity contribution in [3.8, 4) is 0 Å². The molecule has 2 N–H and O–H groups in total. The molecule has 1 aromatic heterocycles. The molecule has 0 bridgehead atoms. The molecule has 0 fully saturated rings. The predicted octanol–water partition coefficient (Wildman–Crippen LogP) is 0.674. The second-order valence-corrected chi connectivity index (χ2v) is 2.63. The molecule has 0 saturated carbocycles. The highest BCUT2D eigenvalue weighted by molar-refractivity contribution is 5.76. The van der Waals surface area contributed by atoms with Crippen LogP contribution < -0.4 is 5.73 Å². The molecular weight excluding hydrogens is 166 g/mol.